The molecule has 0 aliphatic heterocycles. The topological polar surface area (TPSA) is 36.1 Å². The summed E-state index contributed by atoms with van der Waals surface area (Å²) in [7, 11) is 6.20. The minimum atomic E-state index is 0.642. The molecule has 3 atom stereocenters. The standard InChI is InChI=1S/C16H36N3/c1-6-9-15(18-4)12-8-13-16(19-5)11-7-10-14(2)17-3/h14-19H,1,6-13H2,2-5H3. The summed E-state index contributed by atoms with van der Waals surface area (Å²) in [6, 6.07) is 1.98. The van der Waals surface area contributed by atoms with E-state index < -0.39 is 0 Å². The lowest BCUT2D eigenvalue weighted by Crippen LogP contribution is -2.28. The van der Waals surface area contributed by atoms with E-state index in [1.54, 1.807) is 0 Å². The van der Waals surface area contributed by atoms with E-state index >= 15 is 0 Å². The summed E-state index contributed by atoms with van der Waals surface area (Å²) in [4.78, 5) is 0. The van der Waals surface area contributed by atoms with Crippen molar-refractivity contribution in [3.05, 3.63) is 6.92 Å². The highest BCUT2D eigenvalue weighted by atomic mass is 14.9. The maximum atomic E-state index is 3.94. The molecule has 0 saturated heterocycles. The van der Waals surface area contributed by atoms with E-state index in [9.17, 15) is 0 Å². The van der Waals surface area contributed by atoms with Crippen molar-refractivity contribution >= 4 is 0 Å². The maximum Gasteiger partial charge on any atom is 0.00640 e. The van der Waals surface area contributed by atoms with E-state index in [2.05, 4.69) is 43.9 Å². The minimum Gasteiger partial charge on any atom is -0.317 e. The molecule has 0 rings (SSSR count). The van der Waals surface area contributed by atoms with Crippen molar-refractivity contribution in [2.24, 2.45) is 0 Å². The van der Waals surface area contributed by atoms with Gasteiger partial charge in [0.15, 0.2) is 0 Å². The van der Waals surface area contributed by atoms with Crippen LogP contribution >= 0.6 is 0 Å². The van der Waals surface area contributed by atoms with Gasteiger partial charge in [0.25, 0.3) is 0 Å². The van der Waals surface area contributed by atoms with E-state index in [1.807, 2.05) is 7.05 Å². The molecule has 3 unspecified atom stereocenters. The molecule has 0 aromatic heterocycles. The van der Waals surface area contributed by atoms with E-state index in [0.29, 0.717) is 18.1 Å². The molecule has 0 aliphatic rings. The molecule has 115 valence electrons. The van der Waals surface area contributed by atoms with Crippen LogP contribution in [0.3, 0.4) is 0 Å². The lowest BCUT2D eigenvalue weighted by Gasteiger charge is -2.20. The summed E-state index contributed by atoms with van der Waals surface area (Å²) in [6.07, 6.45) is 9.97. The fraction of sp³-hybridized carbons (Fsp3) is 0.938. The van der Waals surface area contributed by atoms with Crippen LogP contribution in [0.15, 0.2) is 0 Å². The first-order chi connectivity index (χ1) is 9.17. The normalized spacial score (nSPS) is 16.3. The average Bonchev–Trinajstić information content (AvgIpc) is 2.44. The Kier molecular flexibility index (Phi) is 12.8. The molecule has 0 aliphatic carbocycles. The molecular weight excluding hydrogens is 234 g/mol. The Morgan fingerprint density at radius 2 is 1.21 bits per heavy atom. The predicted octanol–water partition coefficient (Wildman–Crippen LogP) is 2.73. The number of nitrogens with one attached hydrogen (secondary N) is 3. The van der Waals surface area contributed by atoms with Crippen molar-refractivity contribution < 1.29 is 0 Å². The molecule has 0 amide bonds. The Bertz CT molecular complexity index is 185. The van der Waals surface area contributed by atoms with Crippen LogP contribution in [0.1, 0.15) is 58.3 Å². The van der Waals surface area contributed by atoms with Crippen LogP contribution in [0.2, 0.25) is 0 Å². The van der Waals surface area contributed by atoms with Crippen molar-refractivity contribution in [3.63, 3.8) is 0 Å². The molecule has 0 bridgehead atoms. The van der Waals surface area contributed by atoms with E-state index in [0.717, 1.165) is 6.42 Å². The highest BCUT2D eigenvalue weighted by Gasteiger charge is 2.09. The smallest absolute Gasteiger partial charge is 0.00640 e. The van der Waals surface area contributed by atoms with Crippen LogP contribution in [-0.2, 0) is 0 Å². The van der Waals surface area contributed by atoms with Gasteiger partial charge in [0, 0.05) is 18.1 Å². The molecular formula is C16H36N3. The van der Waals surface area contributed by atoms with Gasteiger partial charge < -0.3 is 16.0 Å². The van der Waals surface area contributed by atoms with Crippen LogP contribution in [0, 0.1) is 6.92 Å². The Labute approximate surface area is 121 Å². The van der Waals surface area contributed by atoms with Gasteiger partial charge in [-0.15, -0.1) is 0 Å². The average molecular weight is 270 g/mol. The number of hydrogen-bond acceptors (Lipinski definition) is 3. The molecule has 0 heterocycles. The van der Waals surface area contributed by atoms with Gasteiger partial charge in [0.05, 0.1) is 0 Å². The van der Waals surface area contributed by atoms with Crippen molar-refractivity contribution in [3.8, 4) is 0 Å². The summed E-state index contributed by atoms with van der Waals surface area (Å²) in [6.45, 7) is 6.19. The zero-order chi connectivity index (χ0) is 14.5. The molecule has 1 radical (unpaired) electrons. The van der Waals surface area contributed by atoms with Crippen LogP contribution in [-0.4, -0.2) is 39.3 Å². The second-order valence-corrected chi connectivity index (χ2v) is 5.66. The summed E-state index contributed by atoms with van der Waals surface area (Å²) in [5.41, 5.74) is 0. The van der Waals surface area contributed by atoms with Crippen molar-refractivity contribution in [1.82, 2.24) is 16.0 Å². The molecule has 3 N–H and O–H groups in total. The third kappa shape index (κ3) is 10.3. The van der Waals surface area contributed by atoms with E-state index in [-0.39, 0.29) is 0 Å². The van der Waals surface area contributed by atoms with Gasteiger partial charge in [-0.1, -0.05) is 26.2 Å². The fourth-order valence-electron chi connectivity index (χ4n) is 2.54. The molecule has 3 nitrogen and oxygen atoms in total. The van der Waals surface area contributed by atoms with Gasteiger partial charge in [-0.25, -0.2) is 0 Å². The third-order valence-electron chi connectivity index (χ3n) is 4.16. The van der Waals surface area contributed by atoms with Crippen LogP contribution in [0.25, 0.3) is 0 Å². The highest BCUT2D eigenvalue weighted by Crippen LogP contribution is 2.12. The summed E-state index contributed by atoms with van der Waals surface area (Å²) in [5.74, 6) is 0. The van der Waals surface area contributed by atoms with Crippen LogP contribution in [0.5, 0.6) is 0 Å². The lowest BCUT2D eigenvalue weighted by atomic mass is 9.98. The molecule has 0 saturated carbocycles. The van der Waals surface area contributed by atoms with Gasteiger partial charge in [-0.3, -0.25) is 0 Å². The zero-order valence-electron chi connectivity index (χ0n) is 13.6. The largest absolute Gasteiger partial charge is 0.317 e. The second kappa shape index (κ2) is 12.9. The van der Waals surface area contributed by atoms with E-state index in [4.69, 9.17) is 0 Å². The first-order valence-corrected chi connectivity index (χ1v) is 7.98. The van der Waals surface area contributed by atoms with Crippen LogP contribution < -0.4 is 16.0 Å². The van der Waals surface area contributed by atoms with E-state index in [1.165, 1.54) is 44.9 Å². The zero-order valence-corrected chi connectivity index (χ0v) is 13.6. The quantitative estimate of drug-likeness (QED) is 0.481. The summed E-state index contributed by atoms with van der Waals surface area (Å²) < 4.78 is 0. The van der Waals surface area contributed by atoms with Crippen molar-refractivity contribution in [1.29, 1.82) is 0 Å². The molecule has 0 spiro atoms. The lowest BCUT2D eigenvalue weighted by molar-refractivity contribution is 0.403. The fourth-order valence-corrected chi connectivity index (χ4v) is 2.54. The summed E-state index contributed by atoms with van der Waals surface area (Å²) >= 11 is 0. The van der Waals surface area contributed by atoms with Crippen LogP contribution in [0.4, 0.5) is 0 Å². The Balaban J connectivity index is 3.68. The molecule has 19 heavy (non-hydrogen) atoms. The maximum absolute atomic E-state index is 3.94. The minimum absolute atomic E-state index is 0.642. The van der Waals surface area contributed by atoms with Gasteiger partial charge in [0.2, 0.25) is 0 Å². The summed E-state index contributed by atoms with van der Waals surface area (Å²) in [5, 5.41) is 10.2. The number of hydrogen-bond donors (Lipinski definition) is 3. The second-order valence-electron chi connectivity index (χ2n) is 5.66. The van der Waals surface area contributed by atoms with Gasteiger partial charge in [0.1, 0.15) is 0 Å². The predicted molar refractivity (Wildman–Crippen MR) is 86.5 cm³/mol. The third-order valence-corrected chi connectivity index (χ3v) is 4.16. The Morgan fingerprint density at radius 3 is 1.63 bits per heavy atom. The van der Waals surface area contributed by atoms with Gasteiger partial charge in [-0.2, -0.15) is 0 Å². The molecule has 0 aromatic rings. The Hall–Kier alpha value is -0.120. The van der Waals surface area contributed by atoms with Gasteiger partial charge in [-0.05, 0) is 60.2 Å². The molecule has 3 heteroatoms. The van der Waals surface area contributed by atoms with Gasteiger partial charge >= 0.3 is 0 Å². The number of rotatable bonds is 13. The Morgan fingerprint density at radius 1 is 0.737 bits per heavy atom. The first-order valence-electron chi connectivity index (χ1n) is 7.98. The monoisotopic (exact) mass is 270 g/mol. The molecule has 0 fully saturated rings. The highest BCUT2D eigenvalue weighted by molar-refractivity contribution is 4.70. The first kappa shape index (κ1) is 18.9. The SMILES string of the molecule is [CH2]CCC(CCCC(CCCC(C)NC)NC)NC. The van der Waals surface area contributed by atoms with Crippen molar-refractivity contribution in [2.45, 2.75) is 76.4 Å². The van der Waals surface area contributed by atoms with Crippen molar-refractivity contribution in [2.75, 3.05) is 21.1 Å². The molecule has 0 aromatic carbocycles.